The van der Waals surface area contributed by atoms with Crippen molar-refractivity contribution in [1.82, 2.24) is 0 Å². The van der Waals surface area contributed by atoms with E-state index in [1.165, 1.54) is 0 Å². The number of benzene rings is 2. The second kappa shape index (κ2) is 6.06. The Morgan fingerprint density at radius 2 is 1.85 bits per heavy atom. The van der Waals surface area contributed by atoms with Gasteiger partial charge in [-0.1, -0.05) is 63.6 Å². The summed E-state index contributed by atoms with van der Waals surface area (Å²) in [5.41, 5.74) is 3.25. The van der Waals surface area contributed by atoms with Gasteiger partial charge in [0.1, 0.15) is 5.76 Å². The van der Waals surface area contributed by atoms with Crippen LogP contribution in [0.15, 0.2) is 70.0 Å². The first-order chi connectivity index (χ1) is 9.81. The fourth-order valence-electron chi connectivity index (χ4n) is 2.15. The smallest absolute Gasteiger partial charge is 0.136 e. The van der Waals surface area contributed by atoms with Gasteiger partial charge in [-0.2, -0.15) is 0 Å². The fourth-order valence-corrected chi connectivity index (χ4v) is 2.54. The molecular formula is C17H14BrNO. The van der Waals surface area contributed by atoms with E-state index >= 15 is 0 Å². The highest BCUT2D eigenvalue weighted by atomic mass is 79.9. The zero-order chi connectivity index (χ0) is 13.8. The topological polar surface area (TPSA) is 21.6 Å². The van der Waals surface area contributed by atoms with Gasteiger partial charge in [-0.3, -0.25) is 0 Å². The third-order valence-electron chi connectivity index (χ3n) is 3.17. The first-order valence-corrected chi connectivity index (χ1v) is 7.36. The van der Waals surface area contributed by atoms with Gasteiger partial charge in [-0.15, -0.1) is 0 Å². The Morgan fingerprint density at radius 1 is 1.00 bits per heavy atom. The summed E-state index contributed by atoms with van der Waals surface area (Å²) in [7, 11) is 0. The van der Waals surface area contributed by atoms with Gasteiger partial charge in [-0.25, -0.2) is 0 Å². The molecule has 0 spiro atoms. The van der Waals surface area contributed by atoms with Crippen molar-refractivity contribution >= 4 is 27.7 Å². The van der Waals surface area contributed by atoms with Gasteiger partial charge in [0, 0.05) is 22.9 Å². The van der Waals surface area contributed by atoms with Crippen molar-refractivity contribution < 1.29 is 4.84 Å². The molecule has 2 aromatic carbocycles. The molecule has 1 heterocycles. The zero-order valence-electron chi connectivity index (χ0n) is 10.9. The van der Waals surface area contributed by atoms with Crippen LogP contribution in [0.25, 0.3) is 6.08 Å². The predicted molar refractivity (Wildman–Crippen MR) is 85.4 cm³/mol. The van der Waals surface area contributed by atoms with Crippen molar-refractivity contribution in [3.8, 4) is 0 Å². The quantitative estimate of drug-likeness (QED) is 0.760. The van der Waals surface area contributed by atoms with E-state index in [4.69, 9.17) is 4.84 Å². The maximum absolute atomic E-state index is 5.52. The molecule has 0 atom stereocenters. The van der Waals surface area contributed by atoms with E-state index in [9.17, 15) is 0 Å². The monoisotopic (exact) mass is 327 g/mol. The molecule has 0 bridgehead atoms. The molecule has 0 saturated carbocycles. The van der Waals surface area contributed by atoms with Crippen molar-refractivity contribution in [2.24, 2.45) is 5.16 Å². The van der Waals surface area contributed by atoms with Crippen LogP contribution in [0.2, 0.25) is 0 Å². The zero-order valence-corrected chi connectivity index (χ0v) is 12.5. The molecule has 2 aromatic rings. The molecule has 2 nitrogen and oxygen atoms in total. The minimum absolute atomic E-state index is 0.875. The van der Waals surface area contributed by atoms with E-state index in [1.54, 1.807) is 0 Å². The molecule has 0 saturated heterocycles. The van der Waals surface area contributed by atoms with Crippen molar-refractivity contribution in [2.45, 2.75) is 12.8 Å². The highest BCUT2D eigenvalue weighted by Gasteiger charge is 2.13. The number of halogens is 1. The number of hydrogen-bond donors (Lipinski definition) is 0. The van der Waals surface area contributed by atoms with Crippen LogP contribution >= 0.6 is 15.9 Å². The third-order valence-corrected chi connectivity index (χ3v) is 3.66. The van der Waals surface area contributed by atoms with Crippen molar-refractivity contribution in [3.05, 3.63) is 76.0 Å². The Hall–Kier alpha value is -1.87. The minimum atomic E-state index is 0.875. The third kappa shape index (κ3) is 3.17. The standard InChI is InChI=1S/C17H14BrNO/c18-15-8-4-7-14(12-15)17-10-9-16(20-19-17)11-13-5-2-1-3-6-13/h1-8,11-12H,9-10H2/b16-11+. The molecule has 0 aliphatic carbocycles. The van der Waals surface area contributed by atoms with Crippen LogP contribution in [0.5, 0.6) is 0 Å². The second-order valence-electron chi connectivity index (χ2n) is 4.66. The molecule has 3 rings (SSSR count). The molecule has 3 heteroatoms. The molecule has 0 fully saturated rings. The molecule has 0 aromatic heterocycles. The molecule has 20 heavy (non-hydrogen) atoms. The summed E-state index contributed by atoms with van der Waals surface area (Å²) in [6.07, 6.45) is 3.82. The highest BCUT2D eigenvalue weighted by Crippen LogP contribution is 2.22. The van der Waals surface area contributed by atoms with Crippen LogP contribution in [0.1, 0.15) is 24.0 Å². The van der Waals surface area contributed by atoms with Gasteiger partial charge >= 0.3 is 0 Å². The normalized spacial score (nSPS) is 16.6. The van der Waals surface area contributed by atoms with E-state index in [-0.39, 0.29) is 0 Å². The molecule has 100 valence electrons. The summed E-state index contributed by atoms with van der Waals surface area (Å²) in [5, 5.41) is 4.25. The first kappa shape index (κ1) is 13.1. The summed E-state index contributed by atoms with van der Waals surface area (Å²) in [4.78, 5) is 5.52. The summed E-state index contributed by atoms with van der Waals surface area (Å²) >= 11 is 3.48. The number of hydrogen-bond acceptors (Lipinski definition) is 2. The Balaban J connectivity index is 1.77. The molecular weight excluding hydrogens is 314 g/mol. The Kier molecular flexibility index (Phi) is 3.97. The number of oxime groups is 1. The van der Waals surface area contributed by atoms with Crippen LogP contribution in [0, 0.1) is 0 Å². The van der Waals surface area contributed by atoms with Gasteiger partial charge < -0.3 is 4.84 Å². The summed E-state index contributed by atoms with van der Waals surface area (Å²) in [5.74, 6) is 0.912. The maximum atomic E-state index is 5.52. The molecule has 0 radical (unpaired) electrons. The number of nitrogens with zero attached hydrogens (tertiary/aromatic N) is 1. The van der Waals surface area contributed by atoms with Gasteiger partial charge in [0.2, 0.25) is 0 Å². The average Bonchev–Trinajstić information content (AvgIpc) is 2.49. The van der Waals surface area contributed by atoms with Crippen LogP contribution < -0.4 is 0 Å². The van der Waals surface area contributed by atoms with Gasteiger partial charge in [0.15, 0.2) is 0 Å². The van der Waals surface area contributed by atoms with E-state index in [1.807, 2.05) is 36.4 Å². The minimum Gasteiger partial charge on any atom is -0.361 e. The van der Waals surface area contributed by atoms with Gasteiger partial charge in [-0.05, 0) is 23.8 Å². The van der Waals surface area contributed by atoms with E-state index in [0.717, 1.165) is 39.9 Å². The number of rotatable bonds is 2. The van der Waals surface area contributed by atoms with Crippen LogP contribution in [0.3, 0.4) is 0 Å². The summed E-state index contributed by atoms with van der Waals surface area (Å²) < 4.78 is 1.06. The molecule has 0 unspecified atom stereocenters. The SMILES string of the molecule is Brc1cccc(C2=NO/C(=C/c3ccccc3)CC2)c1. The van der Waals surface area contributed by atoms with Gasteiger partial charge in [0.25, 0.3) is 0 Å². The maximum Gasteiger partial charge on any atom is 0.136 e. The Labute approximate surface area is 126 Å². The largest absolute Gasteiger partial charge is 0.361 e. The lowest BCUT2D eigenvalue weighted by atomic mass is 10.0. The van der Waals surface area contributed by atoms with Crippen LogP contribution in [0.4, 0.5) is 0 Å². The van der Waals surface area contributed by atoms with Gasteiger partial charge in [0.05, 0.1) is 5.71 Å². The lowest BCUT2D eigenvalue weighted by molar-refractivity contribution is 0.210. The van der Waals surface area contributed by atoms with Crippen LogP contribution in [-0.4, -0.2) is 5.71 Å². The van der Waals surface area contributed by atoms with E-state index < -0.39 is 0 Å². The fraction of sp³-hybridized carbons (Fsp3) is 0.118. The summed E-state index contributed by atoms with van der Waals surface area (Å²) in [6.45, 7) is 0. The average molecular weight is 328 g/mol. The molecule has 1 aliphatic rings. The van der Waals surface area contributed by atoms with Crippen LogP contribution in [-0.2, 0) is 4.84 Å². The predicted octanol–water partition coefficient (Wildman–Crippen LogP) is 5.00. The molecule has 0 N–H and O–H groups in total. The van der Waals surface area contributed by atoms with E-state index in [0.29, 0.717) is 0 Å². The van der Waals surface area contributed by atoms with Crippen molar-refractivity contribution in [1.29, 1.82) is 0 Å². The van der Waals surface area contributed by atoms with Crippen molar-refractivity contribution in [3.63, 3.8) is 0 Å². The Bertz CT molecular complexity index is 662. The lowest BCUT2D eigenvalue weighted by Gasteiger charge is -2.14. The summed E-state index contributed by atoms with van der Waals surface area (Å²) in [6, 6.07) is 18.3. The highest BCUT2D eigenvalue weighted by molar-refractivity contribution is 9.10. The molecule has 1 aliphatic heterocycles. The number of allylic oxidation sites excluding steroid dienone is 1. The second-order valence-corrected chi connectivity index (χ2v) is 5.58. The first-order valence-electron chi connectivity index (χ1n) is 6.57. The lowest BCUT2D eigenvalue weighted by Crippen LogP contribution is -2.08. The molecule has 0 amide bonds. The Morgan fingerprint density at radius 3 is 2.55 bits per heavy atom. The van der Waals surface area contributed by atoms with Crippen molar-refractivity contribution in [2.75, 3.05) is 0 Å². The van der Waals surface area contributed by atoms with E-state index in [2.05, 4.69) is 45.4 Å².